The molecule has 1 fully saturated rings. The Hall–Kier alpha value is -5.49. The fourth-order valence-electron chi connectivity index (χ4n) is 4.66. The summed E-state index contributed by atoms with van der Waals surface area (Å²) in [6, 6.07) is 23.4. The Morgan fingerprint density at radius 2 is 1.51 bits per heavy atom. The van der Waals surface area contributed by atoms with Gasteiger partial charge in [0, 0.05) is 34.1 Å². The molecule has 4 rings (SSSR count). The number of hydrogen-bond donors (Lipinski definition) is 1. The van der Waals surface area contributed by atoms with Crippen LogP contribution in [0.5, 0.6) is 0 Å². The summed E-state index contributed by atoms with van der Waals surface area (Å²) in [6.07, 6.45) is 4.24. The Morgan fingerprint density at radius 3 is 2.00 bits per heavy atom. The number of esters is 2. The molecule has 0 bridgehead atoms. The van der Waals surface area contributed by atoms with Crippen LogP contribution in [0.1, 0.15) is 38.0 Å². The van der Waals surface area contributed by atoms with E-state index in [4.69, 9.17) is 20.6 Å². The normalized spacial score (nSPS) is 21.5. The Labute approximate surface area is 282 Å². The van der Waals surface area contributed by atoms with Crippen LogP contribution in [0.4, 0.5) is 0 Å². The van der Waals surface area contributed by atoms with E-state index in [0.717, 1.165) is 24.1 Å². The SMILES string of the molecule is C#C[C@]1(OC(=O)c2ccccc2)[C@H](N(/C=C\C(=O)NC(=O)c2ccccc2)C(C)=O)O[C@@](CI)(N=[N+]=[N-])[C@H]1OC(=O)c1ccccc1. The average molecular weight is 748 g/mol. The largest absolute Gasteiger partial charge is 0.450 e. The molecule has 3 aromatic rings. The van der Waals surface area contributed by atoms with E-state index in [1.54, 1.807) is 54.6 Å². The molecule has 3 aromatic carbocycles. The first-order valence-electron chi connectivity index (χ1n) is 13.8. The number of benzene rings is 3. The van der Waals surface area contributed by atoms with Crippen molar-refractivity contribution in [2.45, 2.75) is 30.6 Å². The van der Waals surface area contributed by atoms with E-state index in [0.29, 0.717) is 0 Å². The Morgan fingerprint density at radius 1 is 0.979 bits per heavy atom. The topological polar surface area (TPSA) is 177 Å². The van der Waals surface area contributed by atoms with Crippen LogP contribution >= 0.6 is 22.6 Å². The van der Waals surface area contributed by atoms with Gasteiger partial charge in [0.05, 0.1) is 11.1 Å². The fourth-order valence-corrected chi connectivity index (χ4v) is 5.39. The second-order valence-electron chi connectivity index (χ2n) is 9.91. The number of nitrogens with one attached hydrogen (secondary N) is 1. The van der Waals surface area contributed by atoms with Crippen LogP contribution in [-0.2, 0) is 23.8 Å². The van der Waals surface area contributed by atoms with Crippen molar-refractivity contribution < 1.29 is 38.2 Å². The molecule has 0 saturated carbocycles. The van der Waals surface area contributed by atoms with E-state index in [9.17, 15) is 29.5 Å². The van der Waals surface area contributed by atoms with Gasteiger partial charge in [-0.05, 0) is 47.8 Å². The van der Waals surface area contributed by atoms with Gasteiger partial charge in [-0.3, -0.25) is 24.6 Å². The number of carbonyl (C=O) groups excluding carboxylic acids is 5. The number of ether oxygens (including phenoxy) is 3. The van der Waals surface area contributed by atoms with E-state index >= 15 is 0 Å². The summed E-state index contributed by atoms with van der Waals surface area (Å²) in [7, 11) is 0. The van der Waals surface area contributed by atoms with Crippen LogP contribution in [0, 0.1) is 12.3 Å². The zero-order valence-electron chi connectivity index (χ0n) is 24.7. The Balaban J connectivity index is 1.81. The molecule has 3 amide bonds. The highest BCUT2D eigenvalue weighted by Crippen LogP contribution is 2.47. The summed E-state index contributed by atoms with van der Waals surface area (Å²) in [4.78, 5) is 69.0. The van der Waals surface area contributed by atoms with Gasteiger partial charge in [0.25, 0.3) is 17.4 Å². The van der Waals surface area contributed by atoms with Gasteiger partial charge in [0.1, 0.15) is 0 Å². The molecule has 0 aliphatic carbocycles. The first-order valence-corrected chi connectivity index (χ1v) is 15.3. The molecule has 0 spiro atoms. The second-order valence-corrected chi connectivity index (χ2v) is 10.7. The molecule has 1 saturated heterocycles. The maximum atomic E-state index is 13.5. The molecule has 1 N–H and O–H groups in total. The third-order valence-electron chi connectivity index (χ3n) is 6.89. The van der Waals surface area contributed by atoms with Crippen molar-refractivity contribution in [2.75, 3.05) is 4.43 Å². The van der Waals surface area contributed by atoms with Crippen LogP contribution in [-0.4, -0.2) is 62.6 Å². The molecular weight excluding hydrogens is 721 g/mol. The number of nitrogens with zero attached hydrogens (tertiary/aromatic N) is 4. The van der Waals surface area contributed by atoms with Gasteiger partial charge in [0.2, 0.25) is 5.91 Å². The lowest BCUT2D eigenvalue weighted by atomic mass is 9.91. The molecule has 47 heavy (non-hydrogen) atoms. The van der Waals surface area contributed by atoms with Crippen LogP contribution in [0.3, 0.4) is 0 Å². The van der Waals surface area contributed by atoms with Gasteiger partial charge in [-0.15, -0.1) is 6.42 Å². The second kappa shape index (κ2) is 15.2. The first-order chi connectivity index (χ1) is 22.6. The van der Waals surface area contributed by atoms with Crippen molar-refractivity contribution in [2.24, 2.45) is 5.11 Å². The summed E-state index contributed by atoms with van der Waals surface area (Å²) in [5.74, 6) is -1.97. The molecule has 0 unspecified atom stereocenters. The fraction of sp³-hybridized carbons (Fsp3) is 0.182. The maximum Gasteiger partial charge on any atom is 0.339 e. The smallest absolute Gasteiger partial charge is 0.339 e. The molecule has 1 aliphatic rings. The average Bonchev–Trinajstić information content (AvgIpc) is 3.34. The highest BCUT2D eigenvalue weighted by molar-refractivity contribution is 14.1. The third-order valence-corrected chi connectivity index (χ3v) is 7.99. The number of terminal acetylenes is 1. The number of alkyl halides is 1. The molecule has 238 valence electrons. The zero-order chi connectivity index (χ0) is 34.0. The summed E-state index contributed by atoms with van der Waals surface area (Å²) >= 11 is 1.81. The quantitative estimate of drug-likeness (QED) is 0.0459. The van der Waals surface area contributed by atoms with E-state index in [1.807, 2.05) is 22.6 Å². The monoisotopic (exact) mass is 747 g/mol. The number of rotatable bonds is 10. The lowest BCUT2D eigenvalue weighted by Gasteiger charge is -2.37. The summed E-state index contributed by atoms with van der Waals surface area (Å²) in [5.41, 5.74) is 5.34. The minimum atomic E-state index is -2.46. The van der Waals surface area contributed by atoms with Crippen molar-refractivity contribution in [1.82, 2.24) is 10.2 Å². The van der Waals surface area contributed by atoms with Crippen LogP contribution in [0.15, 0.2) is 108 Å². The number of halogens is 1. The van der Waals surface area contributed by atoms with Gasteiger partial charge in [-0.25, -0.2) is 9.59 Å². The van der Waals surface area contributed by atoms with Crippen molar-refractivity contribution in [3.8, 4) is 12.3 Å². The molecule has 1 heterocycles. The van der Waals surface area contributed by atoms with Gasteiger partial charge >= 0.3 is 11.9 Å². The minimum Gasteiger partial charge on any atom is -0.450 e. The number of imide groups is 1. The Kier molecular flexibility index (Phi) is 11.1. The Bertz CT molecular complexity index is 1780. The van der Waals surface area contributed by atoms with E-state index in [1.165, 1.54) is 36.4 Å². The van der Waals surface area contributed by atoms with E-state index in [-0.39, 0.29) is 21.1 Å². The van der Waals surface area contributed by atoms with Crippen LogP contribution < -0.4 is 5.32 Å². The standard InChI is InChI=1S/C33H26IN5O8/c1-3-32(46-29(44)25-17-11-6-12-18-25)30(45-28(43)24-15-9-5-10-16-24)33(21-34,37-38-35)47-31(32)39(22(2)40)20-19-26(41)36-27(42)23-13-7-4-8-14-23/h1,4-20,30-31H,21H2,2H3,(H,36,41,42)/b20-19-/t30-,31+,32+,33+/m0/s1. The zero-order valence-corrected chi connectivity index (χ0v) is 26.8. The van der Waals surface area contributed by atoms with E-state index in [2.05, 4.69) is 21.3 Å². The van der Waals surface area contributed by atoms with Crippen LogP contribution in [0.25, 0.3) is 10.4 Å². The highest BCUT2D eigenvalue weighted by Gasteiger charge is 2.70. The summed E-state index contributed by atoms with van der Waals surface area (Å²) in [6.45, 7) is 1.10. The predicted octanol–water partition coefficient (Wildman–Crippen LogP) is 4.56. The molecule has 0 radical (unpaired) electrons. The molecule has 4 atom stereocenters. The molecular formula is C33H26IN5O8. The molecule has 0 aromatic heterocycles. The number of hydrogen-bond acceptors (Lipinski definition) is 9. The number of carbonyl (C=O) groups is 5. The van der Waals surface area contributed by atoms with Crippen molar-refractivity contribution >= 4 is 52.3 Å². The first kappa shape index (κ1) is 34.4. The molecule has 14 heteroatoms. The van der Waals surface area contributed by atoms with Gasteiger partial charge in [-0.1, -0.05) is 82.3 Å². The van der Waals surface area contributed by atoms with Crippen molar-refractivity contribution in [3.05, 3.63) is 130 Å². The van der Waals surface area contributed by atoms with Gasteiger partial charge in [0.15, 0.2) is 18.1 Å². The van der Waals surface area contributed by atoms with Gasteiger partial charge < -0.3 is 14.2 Å². The third kappa shape index (κ3) is 7.50. The maximum absolute atomic E-state index is 13.5. The van der Waals surface area contributed by atoms with E-state index < -0.39 is 53.3 Å². The summed E-state index contributed by atoms with van der Waals surface area (Å²) < 4.78 is 17.7. The molecule has 13 nitrogen and oxygen atoms in total. The number of azide groups is 1. The molecule has 1 aliphatic heterocycles. The lowest BCUT2D eigenvalue weighted by molar-refractivity contribution is -0.153. The van der Waals surface area contributed by atoms with Gasteiger partial charge in [-0.2, -0.15) is 0 Å². The van der Waals surface area contributed by atoms with Crippen LogP contribution in [0.2, 0.25) is 0 Å². The van der Waals surface area contributed by atoms with Crippen molar-refractivity contribution in [1.29, 1.82) is 0 Å². The number of amides is 3. The van der Waals surface area contributed by atoms with Crippen molar-refractivity contribution in [3.63, 3.8) is 0 Å². The predicted molar refractivity (Wildman–Crippen MR) is 175 cm³/mol. The summed E-state index contributed by atoms with van der Waals surface area (Å²) in [5, 5.41) is 5.95. The highest BCUT2D eigenvalue weighted by atomic mass is 127. The lowest BCUT2D eigenvalue weighted by Crippen LogP contribution is -2.59. The minimum absolute atomic E-state index is 0.0495.